The Morgan fingerprint density at radius 3 is 1.73 bits per heavy atom. The molecule has 0 radical (unpaired) electrons. The van der Waals surface area contributed by atoms with Gasteiger partial charge in [0.25, 0.3) is 0 Å². The highest BCUT2D eigenvalue weighted by Gasteiger charge is 2.96. The van der Waals surface area contributed by atoms with Crippen LogP contribution in [-0.2, 0) is 14.3 Å². The first-order valence-electron chi connectivity index (χ1n) is 10.2. The van der Waals surface area contributed by atoms with Crippen molar-refractivity contribution in [1.29, 1.82) is 0 Å². The average Bonchev–Trinajstić information content (AvgIpc) is 3.23. The van der Waals surface area contributed by atoms with Crippen LogP contribution in [0.1, 0.15) is 19.3 Å². The number of nitrogens with one attached hydrogen (secondary N) is 2. The van der Waals surface area contributed by atoms with Crippen molar-refractivity contribution in [2.45, 2.75) is 30.5 Å². The fourth-order valence-electron chi connectivity index (χ4n) is 9.10. The Morgan fingerprint density at radius 1 is 0.846 bits per heavy atom. The van der Waals surface area contributed by atoms with E-state index in [2.05, 4.69) is 10.6 Å². The molecule has 0 aromatic rings. The highest BCUT2D eigenvalue weighted by molar-refractivity contribution is 5.80. The minimum absolute atomic E-state index is 0.0615. The van der Waals surface area contributed by atoms with Gasteiger partial charge in [-0.25, -0.2) is 0 Å². The molecular formula is C19H28N4O3. The van der Waals surface area contributed by atoms with E-state index in [4.69, 9.17) is 16.2 Å². The molecule has 5 aliphatic carbocycles. The lowest BCUT2D eigenvalue weighted by molar-refractivity contribution is -0.136. The van der Waals surface area contributed by atoms with Crippen LogP contribution in [0.5, 0.6) is 0 Å². The number of hydrogen-bond donors (Lipinski definition) is 4. The third-order valence-corrected chi connectivity index (χ3v) is 8.95. The zero-order valence-electron chi connectivity index (χ0n) is 14.9. The van der Waals surface area contributed by atoms with Gasteiger partial charge in [0, 0.05) is 26.2 Å². The van der Waals surface area contributed by atoms with Crippen LogP contribution in [0.25, 0.3) is 0 Å². The standard InChI is InChI=1S/C19H28N4O3/c20-1-3-22-10(24)6-18-14-8-5-9-13-12(8)16(18)17(13)19(26-18,15(9)14)7-11(25)23-4-2-21/h8-9,12-17H,1-7,20-21H2,(H,22,24)(H,23,25). The molecule has 142 valence electrons. The summed E-state index contributed by atoms with van der Waals surface area (Å²) >= 11 is 0. The highest BCUT2D eigenvalue weighted by atomic mass is 16.5. The molecule has 6 N–H and O–H groups in total. The van der Waals surface area contributed by atoms with Crippen molar-refractivity contribution < 1.29 is 14.3 Å². The number of carbonyl (C=O) groups is 2. The van der Waals surface area contributed by atoms with Gasteiger partial charge in [0.2, 0.25) is 11.8 Å². The third-order valence-electron chi connectivity index (χ3n) is 8.95. The van der Waals surface area contributed by atoms with Gasteiger partial charge in [-0.15, -0.1) is 0 Å². The van der Waals surface area contributed by atoms with Crippen LogP contribution < -0.4 is 22.1 Å². The predicted octanol–water partition coefficient (Wildman–Crippen LogP) is -1.19. The minimum atomic E-state index is -0.306. The Morgan fingerprint density at radius 2 is 1.31 bits per heavy atom. The number of nitrogens with two attached hydrogens (primary N) is 2. The first-order valence-corrected chi connectivity index (χ1v) is 10.2. The van der Waals surface area contributed by atoms with E-state index in [1.165, 1.54) is 6.42 Å². The Bertz CT molecular complexity index is 640. The van der Waals surface area contributed by atoms with Crippen LogP contribution in [-0.4, -0.2) is 49.2 Å². The summed E-state index contributed by atoms with van der Waals surface area (Å²) in [5.41, 5.74) is 10.4. The van der Waals surface area contributed by atoms with Gasteiger partial charge in [0.1, 0.15) is 0 Å². The molecule has 10 atom stereocenters. The molecule has 0 aromatic heterocycles. The molecule has 2 aliphatic heterocycles. The molecular weight excluding hydrogens is 332 g/mol. The molecule has 2 amide bonds. The quantitative estimate of drug-likeness (QED) is 0.434. The van der Waals surface area contributed by atoms with E-state index in [1.807, 2.05) is 0 Å². The van der Waals surface area contributed by atoms with Crippen molar-refractivity contribution in [1.82, 2.24) is 10.6 Å². The largest absolute Gasteiger partial charge is 0.366 e. The second-order valence-electron chi connectivity index (χ2n) is 9.46. The maximum Gasteiger partial charge on any atom is 0.222 e. The van der Waals surface area contributed by atoms with E-state index < -0.39 is 0 Å². The third kappa shape index (κ3) is 1.44. The number of ether oxygens (including phenoxy) is 1. The summed E-state index contributed by atoms with van der Waals surface area (Å²) in [5, 5.41) is 5.87. The fourth-order valence-corrected chi connectivity index (χ4v) is 9.10. The van der Waals surface area contributed by atoms with Crippen molar-refractivity contribution in [3.63, 3.8) is 0 Å². The monoisotopic (exact) mass is 360 g/mol. The normalized spacial score (nSPS) is 55.0. The van der Waals surface area contributed by atoms with Gasteiger partial charge in [-0.1, -0.05) is 0 Å². The molecule has 5 saturated carbocycles. The summed E-state index contributed by atoms with van der Waals surface area (Å²) in [6.45, 7) is 1.94. The maximum absolute atomic E-state index is 12.5. The second-order valence-corrected chi connectivity index (χ2v) is 9.46. The summed E-state index contributed by atoms with van der Waals surface area (Å²) < 4.78 is 6.86. The number of hydrogen-bond acceptors (Lipinski definition) is 5. The fraction of sp³-hybridized carbons (Fsp3) is 0.895. The molecule has 7 heteroatoms. The van der Waals surface area contributed by atoms with Gasteiger partial charge in [0.15, 0.2) is 0 Å². The van der Waals surface area contributed by atoms with Gasteiger partial charge in [-0.2, -0.15) is 0 Å². The molecule has 2 saturated heterocycles. The summed E-state index contributed by atoms with van der Waals surface area (Å²) in [6, 6.07) is 0. The molecule has 7 nitrogen and oxygen atoms in total. The minimum Gasteiger partial charge on any atom is -0.366 e. The smallest absolute Gasteiger partial charge is 0.222 e. The zero-order valence-corrected chi connectivity index (χ0v) is 14.9. The lowest BCUT2D eigenvalue weighted by Crippen LogP contribution is -2.53. The van der Waals surface area contributed by atoms with Crippen LogP contribution >= 0.6 is 0 Å². The lowest BCUT2D eigenvalue weighted by atomic mass is 9.54. The van der Waals surface area contributed by atoms with E-state index in [0.717, 1.165) is 23.7 Å². The molecule has 7 rings (SSSR count). The van der Waals surface area contributed by atoms with Crippen molar-refractivity contribution in [3.8, 4) is 0 Å². The summed E-state index contributed by atoms with van der Waals surface area (Å²) in [4.78, 5) is 25.1. The van der Waals surface area contributed by atoms with E-state index in [9.17, 15) is 9.59 Å². The number of carbonyl (C=O) groups excluding carboxylic acids is 2. The van der Waals surface area contributed by atoms with Crippen LogP contribution in [0.3, 0.4) is 0 Å². The first kappa shape index (κ1) is 15.8. The Kier molecular flexibility index (Phi) is 2.93. The molecule has 7 aliphatic rings. The highest BCUT2D eigenvalue weighted by Crippen LogP contribution is 2.93. The van der Waals surface area contributed by atoms with Gasteiger partial charge in [0.05, 0.1) is 24.0 Å². The van der Waals surface area contributed by atoms with Gasteiger partial charge < -0.3 is 26.8 Å². The molecule has 7 fully saturated rings. The SMILES string of the molecule is NCCNC(=O)CC12OC3(CC(=O)NCCN)C4C5CC(C6C5C3C61)C42. The zero-order chi connectivity index (χ0) is 17.8. The Labute approximate surface area is 152 Å². The average molecular weight is 360 g/mol. The molecule has 0 aromatic carbocycles. The molecule has 2 heterocycles. The number of rotatable bonds is 8. The summed E-state index contributed by atoms with van der Waals surface area (Å²) in [5.74, 6) is 5.07. The van der Waals surface area contributed by atoms with Gasteiger partial charge >= 0.3 is 0 Å². The predicted molar refractivity (Wildman–Crippen MR) is 92.4 cm³/mol. The van der Waals surface area contributed by atoms with Crippen LogP contribution in [0, 0.1) is 47.3 Å². The molecule has 4 bridgehead atoms. The number of amides is 2. The van der Waals surface area contributed by atoms with Gasteiger partial charge in [-0.3, -0.25) is 9.59 Å². The van der Waals surface area contributed by atoms with Gasteiger partial charge in [-0.05, 0) is 53.8 Å². The first-order chi connectivity index (χ1) is 12.6. The van der Waals surface area contributed by atoms with Crippen molar-refractivity contribution in [3.05, 3.63) is 0 Å². The van der Waals surface area contributed by atoms with Crippen LogP contribution in [0.4, 0.5) is 0 Å². The van der Waals surface area contributed by atoms with E-state index >= 15 is 0 Å². The lowest BCUT2D eigenvalue weighted by Gasteiger charge is -2.47. The van der Waals surface area contributed by atoms with Crippen LogP contribution in [0.15, 0.2) is 0 Å². The van der Waals surface area contributed by atoms with Crippen molar-refractivity contribution in [2.75, 3.05) is 26.2 Å². The summed E-state index contributed by atoms with van der Waals surface area (Å²) in [6.07, 6.45) is 2.21. The topological polar surface area (TPSA) is 119 Å². The maximum atomic E-state index is 12.5. The Balaban J connectivity index is 1.31. The summed E-state index contributed by atoms with van der Waals surface area (Å²) in [7, 11) is 0. The second kappa shape index (κ2) is 4.80. The van der Waals surface area contributed by atoms with E-state index in [-0.39, 0.29) is 23.0 Å². The molecule has 10 unspecified atom stereocenters. The Hall–Kier alpha value is -1.18. The van der Waals surface area contributed by atoms with E-state index in [1.54, 1.807) is 0 Å². The molecule has 0 spiro atoms. The van der Waals surface area contributed by atoms with Crippen molar-refractivity contribution >= 4 is 11.8 Å². The van der Waals surface area contributed by atoms with E-state index in [0.29, 0.717) is 62.7 Å². The van der Waals surface area contributed by atoms with Crippen LogP contribution in [0.2, 0.25) is 0 Å². The molecule has 26 heavy (non-hydrogen) atoms. The van der Waals surface area contributed by atoms with Crippen molar-refractivity contribution in [2.24, 2.45) is 58.8 Å².